The van der Waals surface area contributed by atoms with Crippen LogP contribution in [0, 0.1) is 18.8 Å². The van der Waals surface area contributed by atoms with E-state index in [1.807, 2.05) is 6.92 Å². The summed E-state index contributed by atoms with van der Waals surface area (Å²) < 4.78 is 5.42. The monoisotopic (exact) mass is 164 g/mol. The largest absolute Gasteiger partial charge is 0.425 e. The smallest absolute Gasteiger partial charge is 0.220 e. The Labute approximate surface area is 71.2 Å². The van der Waals surface area contributed by atoms with Crippen LogP contribution in [0.1, 0.15) is 37.0 Å². The Morgan fingerprint density at radius 3 is 2.58 bits per heavy atom. The predicted molar refractivity (Wildman–Crippen MR) is 42.6 cm³/mol. The van der Waals surface area contributed by atoms with Crippen molar-refractivity contribution >= 4 is 0 Å². The fourth-order valence-corrected chi connectivity index (χ4v) is 2.63. The molecule has 3 atom stereocenters. The van der Waals surface area contributed by atoms with Crippen molar-refractivity contribution in [2.24, 2.45) is 11.8 Å². The van der Waals surface area contributed by atoms with E-state index < -0.39 is 0 Å². The average Bonchev–Trinajstić information content (AvgIpc) is 2.55. The second kappa shape index (κ2) is 2.09. The molecule has 0 radical (unpaired) electrons. The normalized spacial score (nSPS) is 38.2. The van der Waals surface area contributed by atoms with Crippen LogP contribution in [0.3, 0.4) is 0 Å². The molecule has 12 heavy (non-hydrogen) atoms. The highest BCUT2D eigenvalue weighted by Gasteiger charge is 2.56. The summed E-state index contributed by atoms with van der Waals surface area (Å²) >= 11 is 0. The van der Waals surface area contributed by atoms with E-state index in [2.05, 4.69) is 10.2 Å². The molecule has 64 valence electrons. The summed E-state index contributed by atoms with van der Waals surface area (Å²) in [7, 11) is 0. The highest BCUT2D eigenvalue weighted by molar-refractivity contribution is 5.15. The third-order valence-electron chi connectivity index (χ3n) is 3.23. The molecule has 0 aromatic carbocycles. The molecule has 3 heteroatoms. The maximum absolute atomic E-state index is 5.42. The SMILES string of the molecule is Cc1nnc(C2[C@H]3CCC[C@@H]23)o1. The van der Waals surface area contributed by atoms with Crippen molar-refractivity contribution in [3.8, 4) is 0 Å². The molecule has 3 rings (SSSR count). The van der Waals surface area contributed by atoms with Crippen LogP contribution in [0.5, 0.6) is 0 Å². The Morgan fingerprint density at radius 2 is 2.00 bits per heavy atom. The topological polar surface area (TPSA) is 38.9 Å². The lowest BCUT2D eigenvalue weighted by atomic mass is 10.1. The van der Waals surface area contributed by atoms with E-state index in [1.54, 1.807) is 0 Å². The predicted octanol–water partition coefficient (Wildman–Crippen LogP) is 1.89. The minimum Gasteiger partial charge on any atom is -0.425 e. The first kappa shape index (κ1) is 6.63. The van der Waals surface area contributed by atoms with Crippen molar-refractivity contribution in [3.05, 3.63) is 11.8 Å². The second-order valence-electron chi connectivity index (χ2n) is 3.94. The van der Waals surface area contributed by atoms with Gasteiger partial charge in [-0.15, -0.1) is 10.2 Å². The number of aromatic nitrogens is 2. The van der Waals surface area contributed by atoms with Crippen molar-refractivity contribution in [1.29, 1.82) is 0 Å². The highest BCUT2D eigenvalue weighted by atomic mass is 16.4. The van der Waals surface area contributed by atoms with Crippen molar-refractivity contribution < 1.29 is 4.42 Å². The summed E-state index contributed by atoms with van der Waals surface area (Å²) in [6.45, 7) is 1.86. The molecule has 0 amide bonds. The van der Waals surface area contributed by atoms with E-state index in [-0.39, 0.29) is 0 Å². The summed E-state index contributed by atoms with van der Waals surface area (Å²) in [4.78, 5) is 0. The molecule has 1 aromatic rings. The summed E-state index contributed by atoms with van der Waals surface area (Å²) in [6, 6.07) is 0. The summed E-state index contributed by atoms with van der Waals surface area (Å²) in [5.41, 5.74) is 0. The minimum atomic E-state index is 0.625. The van der Waals surface area contributed by atoms with Gasteiger partial charge in [0.15, 0.2) is 0 Å². The van der Waals surface area contributed by atoms with Gasteiger partial charge in [0.2, 0.25) is 11.8 Å². The van der Waals surface area contributed by atoms with Gasteiger partial charge in [-0.2, -0.15) is 0 Å². The van der Waals surface area contributed by atoms with Crippen molar-refractivity contribution in [3.63, 3.8) is 0 Å². The lowest BCUT2D eigenvalue weighted by Gasteiger charge is -1.94. The summed E-state index contributed by atoms with van der Waals surface area (Å²) in [5, 5.41) is 7.93. The molecule has 2 aliphatic rings. The lowest BCUT2D eigenvalue weighted by molar-refractivity contribution is 0.448. The van der Waals surface area contributed by atoms with Gasteiger partial charge in [-0.05, 0) is 24.7 Å². The van der Waals surface area contributed by atoms with Gasteiger partial charge in [-0.3, -0.25) is 0 Å². The third kappa shape index (κ3) is 0.765. The van der Waals surface area contributed by atoms with Crippen molar-refractivity contribution in [1.82, 2.24) is 10.2 Å². The fraction of sp³-hybridized carbons (Fsp3) is 0.778. The van der Waals surface area contributed by atoms with Crippen LogP contribution < -0.4 is 0 Å². The lowest BCUT2D eigenvalue weighted by Crippen LogP contribution is -1.87. The van der Waals surface area contributed by atoms with Gasteiger partial charge < -0.3 is 4.42 Å². The first-order valence-electron chi connectivity index (χ1n) is 4.66. The van der Waals surface area contributed by atoms with E-state index >= 15 is 0 Å². The van der Waals surface area contributed by atoms with Crippen LogP contribution in [0.25, 0.3) is 0 Å². The zero-order valence-corrected chi connectivity index (χ0v) is 7.16. The zero-order valence-electron chi connectivity index (χ0n) is 7.16. The van der Waals surface area contributed by atoms with Crippen LogP contribution in [0.2, 0.25) is 0 Å². The minimum absolute atomic E-state index is 0.625. The third-order valence-corrected chi connectivity index (χ3v) is 3.23. The Bertz CT molecular complexity index is 297. The van der Waals surface area contributed by atoms with Gasteiger partial charge >= 0.3 is 0 Å². The molecule has 1 heterocycles. The molecule has 0 aliphatic heterocycles. The molecular weight excluding hydrogens is 152 g/mol. The molecule has 0 bridgehead atoms. The van der Waals surface area contributed by atoms with E-state index in [9.17, 15) is 0 Å². The maximum atomic E-state index is 5.42. The van der Waals surface area contributed by atoms with Gasteiger partial charge in [0, 0.05) is 12.8 Å². The zero-order chi connectivity index (χ0) is 8.13. The molecule has 2 saturated carbocycles. The van der Waals surface area contributed by atoms with Crippen LogP contribution in [0.4, 0.5) is 0 Å². The Kier molecular flexibility index (Phi) is 1.15. The van der Waals surface area contributed by atoms with E-state index in [4.69, 9.17) is 4.42 Å². The fourth-order valence-electron chi connectivity index (χ4n) is 2.63. The number of nitrogens with zero attached hydrogens (tertiary/aromatic N) is 2. The number of rotatable bonds is 1. The van der Waals surface area contributed by atoms with Gasteiger partial charge in [0.25, 0.3) is 0 Å². The summed E-state index contributed by atoms with van der Waals surface area (Å²) in [5.74, 6) is 3.98. The van der Waals surface area contributed by atoms with E-state index in [0.29, 0.717) is 11.8 Å². The van der Waals surface area contributed by atoms with Gasteiger partial charge in [-0.1, -0.05) is 6.42 Å². The molecule has 1 aromatic heterocycles. The van der Waals surface area contributed by atoms with E-state index in [0.717, 1.165) is 17.7 Å². The Balaban J connectivity index is 1.84. The molecule has 0 spiro atoms. The first-order valence-corrected chi connectivity index (χ1v) is 4.66. The van der Waals surface area contributed by atoms with Gasteiger partial charge in [0.05, 0.1) is 0 Å². The van der Waals surface area contributed by atoms with Crippen molar-refractivity contribution in [2.45, 2.75) is 32.1 Å². The van der Waals surface area contributed by atoms with Gasteiger partial charge in [-0.25, -0.2) is 0 Å². The van der Waals surface area contributed by atoms with Crippen LogP contribution >= 0.6 is 0 Å². The maximum Gasteiger partial charge on any atom is 0.220 e. The Hall–Kier alpha value is -0.860. The van der Waals surface area contributed by atoms with Crippen LogP contribution in [0.15, 0.2) is 4.42 Å². The standard InChI is InChI=1S/C9H12N2O/c1-5-10-11-9(12-5)8-6-3-2-4-7(6)8/h6-8H,2-4H2,1H3/t6-,7+,8?. The number of fused-ring (bicyclic) bond motifs is 1. The molecule has 3 nitrogen and oxygen atoms in total. The first-order chi connectivity index (χ1) is 5.86. The number of aryl methyl sites for hydroxylation is 1. The molecule has 0 saturated heterocycles. The number of hydrogen-bond acceptors (Lipinski definition) is 3. The molecule has 2 aliphatic carbocycles. The number of hydrogen-bond donors (Lipinski definition) is 0. The van der Waals surface area contributed by atoms with Crippen molar-refractivity contribution in [2.75, 3.05) is 0 Å². The molecule has 2 fully saturated rings. The molecular formula is C9H12N2O. The molecule has 0 N–H and O–H groups in total. The summed E-state index contributed by atoms with van der Waals surface area (Å²) in [6.07, 6.45) is 4.15. The quantitative estimate of drug-likeness (QED) is 0.636. The average molecular weight is 164 g/mol. The Morgan fingerprint density at radius 1 is 1.25 bits per heavy atom. The van der Waals surface area contributed by atoms with Crippen LogP contribution in [-0.4, -0.2) is 10.2 Å². The van der Waals surface area contributed by atoms with Gasteiger partial charge in [0.1, 0.15) is 0 Å². The highest BCUT2D eigenvalue weighted by Crippen LogP contribution is 2.62. The second-order valence-corrected chi connectivity index (χ2v) is 3.94. The van der Waals surface area contributed by atoms with Crippen LogP contribution in [-0.2, 0) is 0 Å². The van der Waals surface area contributed by atoms with E-state index in [1.165, 1.54) is 19.3 Å². The molecule has 1 unspecified atom stereocenters.